The smallest absolute Gasteiger partial charge is 0.120 e. The maximum atomic E-state index is 4.69. The summed E-state index contributed by atoms with van der Waals surface area (Å²) >= 11 is 4.69. The first-order valence-electron chi connectivity index (χ1n) is 1.56. The normalized spacial score (nSPS) is 24.0. The van der Waals surface area contributed by atoms with E-state index in [4.69, 9.17) is 11.8 Å². The molecule has 1 fully saturated rings. The first-order chi connectivity index (χ1) is 2.43. The summed E-state index contributed by atoms with van der Waals surface area (Å²) < 4.78 is 2.22. The molecule has 3 heteroatoms. The molecule has 1 rings (SSSR count). The van der Waals surface area contributed by atoms with Gasteiger partial charge in [-0.15, -0.1) is 4.67 Å². The Hall–Kier alpha value is 0.480. The Morgan fingerprint density at radius 1 is 1.60 bits per heavy atom. The van der Waals surface area contributed by atoms with Gasteiger partial charge in [-0.3, -0.25) is 0 Å². The Morgan fingerprint density at radius 3 is 2.20 bits per heavy atom. The minimum Gasteiger partial charge on any atom is -0.120 e. The molecule has 0 saturated carbocycles. The molecule has 0 aromatic heterocycles. The summed E-state index contributed by atoms with van der Waals surface area (Å²) in [6, 6.07) is 0. The summed E-state index contributed by atoms with van der Waals surface area (Å²) in [6.07, 6.45) is 0. The highest BCUT2D eigenvalue weighted by molar-refractivity contribution is 7.95. The average molecular weight is 106 g/mol. The van der Waals surface area contributed by atoms with Crippen LogP contribution in [0.3, 0.4) is 0 Å². The molecule has 0 bridgehead atoms. The number of hydrogen-bond donors (Lipinski definition) is 0. The summed E-state index contributed by atoms with van der Waals surface area (Å²) in [5, 5.41) is 0. The molecular weight excluding hydrogens is 101 g/mol. The van der Waals surface area contributed by atoms with E-state index in [0.717, 1.165) is 0 Å². The molecule has 28 valence electrons. The van der Waals surface area contributed by atoms with E-state index < -0.39 is 0 Å². The molecule has 0 aromatic rings. The van der Waals surface area contributed by atoms with Crippen molar-refractivity contribution in [3.8, 4) is 0 Å². The van der Waals surface area contributed by atoms with Crippen molar-refractivity contribution >= 4 is 19.3 Å². The summed E-state index contributed by atoms with van der Waals surface area (Å²) in [7, 11) is 0.642. The lowest BCUT2D eigenvalue weighted by molar-refractivity contribution is 0.955. The molecule has 1 aliphatic heterocycles. The van der Waals surface area contributed by atoms with E-state index in [2.05, 4.69) is 4.67 Å². The van der Waals surface area contributed by atoms with Gasteiger partial charge in [-0.05, 0) is 0 Å². The van der Waals surface area contributed by atoms with Gasteiger partial charge in [-0.25, -0.2) is 0 Å². The lowest BCUT2D eigenvalue weighted by atomic mass is 11.0. The third kappa shape index (κ3) is 0.918. The molecule has 1 nitrogen and oxygen atoms in total. The third-order valence-electron chi connectivity index (χ3n) is 0.576. The van der Waals surface area contributed by atoms with Crippen LogP contribution in [0, 0.1) is 0 Å². The third-order valence-corrected chi connectivity index (χ3v) is 2.06. The van der Waals surface area contributed by atoms with Crippen molar-refractivity contribution in [2.24, 2.45) is 0 Å². The van der Waals surface area contributed by atoms with Gasteiger partial charge in [-0.2, -0.15) is 0 Å². The molecule has 0 aliphatic carbocycles. The highest BCUT2D eigenvalue weighted by Gasteiger charge is 2.21. The first-order valence-corrected chi connectivity index (χ1v) is 3.64. The van der Waals surface area contributed by atoms with Crippen molar-refractivity contribution in [3.63, 3.8) is 0 Å². The molecule has 1 aliphatic rings. The second-order valence-corrected chi connectivity index (χ2v) is 2.44. The van der Waals surface area contributed by atoms with Crippen molar-refractivity contribution in [2.45, 2.75) is 0 Å². The minimum absolute atomic E-state index is 0.642. The summed E-state index contributed by atoms with van der Waals surface area (Å²) in [5.74, 6) is 0. The number of nitrogens with zero attached hydrogens (tertiary/aromatic N) is 1. The van der Waals surface area contributed by atoms with Gasteiger partial charge in [0.2, 0.25) is 0 Å². The van der Waals surface area contributed by atoms with Gasteiger partial charge in [0, 0.05) is 0 Å². The summed E-state index contributed by atoms with van der Waals surface area (Å²) in [6.45, 7) is 2.50. The van der Waals surface area contributed by atoms with E-state index >= 15 is 0 Å². The van der Waals surface area contributed by atoms with Crippen LogP contribution < -0.4 is 0 Å². The molecule has 1 saturated heterocycles. The van der Waals surface area contributed by atoms with Crippen LogP contribution in [-0.2, 0) is 11.8 Å². The van der Waals surface area contributed by atoms with Gasteiger partial charge in [-0.1, -0.05) is 0 Å². The van der Waals surface area contributed by atoms with Crippen LogP contribution >= 0.6 is 7.51 Å². The van der Waals surface area contributed by atoms with Crippen molar-refractivity contribution in [1.29, 1.82) is 0 Å². The summed E-state index contributed by atoms with van der Waals surface area (Å²) in [4.78, 5) is 0. The van der Waals surface area contributed by atoms with Crippen LogP contribution in [0.15, 0.2) is 0 Å². The lowest BCUT2D eigenvalue weighted by Crippen LogP contribution is -1.61. The van der Waals surface area contributed by atoms with E-state index in [1.807, 2.05) is 0 Å². The van der Waals surface area contributed by atoms with Gasteiger partial charge in [0.15, 0.2) is 11.8 Å². The molecule has 1 atom stereocenters. The largest absolute Gasteiger partial charge is 0.252 e. The molecular formula is C2H5NPS+. The Balaban J connectivity index is 2.21. The highest BCUT2D eigenvalue weighted by atomic mass is 32.4. The molecule has 1 unspecified atom stereocenters. The maximum absolute atomic E-state index is 4.69. The Bertz CT molecular complexity index is 51.6. The number of hydrogen-bond acceptors (Lipinski definition) is 1. The van der Waals surface area contributed by atoms with Crippen molar-refractivity contribution in [3.05, 3.63) is 0 Å². The van der Waals surface area contributed by atoms with Gasteiger partial charge in [0.05, 0.1) is 13.1 Å². The van der Waals surface area contributed by atoms with Crippen LogP contribution in [0.1, 0.15) is 0 Å². The zero-order chi connectivity index (χ0) is 3.70. The van der Waals surface area contributed by atoms with Crippen LogP contribution in [-0.4, -0.2) is 17.8 Å². The minimum atomic E-state index is 0.642. The first kappa shape index (κ1) is 3.66. The van der Waals surface area contributed by atoms with Crippen LogP contribution in [0.25, 0.3) is 0 Å². The molecule has 0 N–H and O–H groups in total. The fourth-order valence-electron chi connectivity index (χ4n) is 0.141. The standard InChI is InChI=1S/C2H4NPS/c5-4-3-1-2-3/h1-2H2/p+1. The second kappa shape index (κ2) is 1.29. The zero-order valence-corrected chi connectivity index (χ0v) is 4.59. The molecule has 0 spiro atoms. The van der Waals surface area contributed by atoms with Gasteiger partial charge < -0.3 is 0 Å². The Kier molecular flexibility index (Phi) is 0.946. The highest BCUT2D eigenvalue weighted by Crippen LogP contribution is 2.14. The SMILES string of the molecule is S=[PH+]N1CC1. The van der Waals surface area contributed by atoms with Crippen molar-refractivity contribution < 1.29 is 0 Å². The topological polar surface area (TPSA) is 3.01 Å². The van der Waals surface area contributed by atoms with Gasteiger partial charge in [0.25, 0.3) is 7.51 Å². The Morgan fingerprint density at radius 2 is 2.20 bits per heavy atom. The monoisotopic (exact) mass is 106 g/mol. The van der Waals surface area contributed by atoms with Gasteiger partial charge in [0.1, 0.15) is 0 Å². The Labute approximate surface area is 37.9 Å². The van der Waals surface area contributed by atoms with Gasteiger partial charge >= 0.3 is 0 Å². The molecule has 0 aromatic carbocycles. The fraction of sp³-hybridized carbons (Fsp3) is 1.00. The van der Waals surface area contributed by atoms with E-state index in [9.17, 15) is 0 Å². The predicted molar refractivity (Wildman–Crippen MR) is 27.3 cm³/mol. The average Bonchev–Trinajstić information content (AvgIpc) is 2.12. The van der Waals surface area contributed by atoms with E-state index in [0.29, 0.717) is 7.51 Å². The molecule has 5 heavy (non-hydrogen) atoms. The van der Waals surface area contributed by atoms with E-state index in [1.54, 1.807) is 0 Å². The molecule has 1 heterocycles. The fourth-order valence-corrected chi connectivity index (χ4v) is 0.972. The van der Waals surface area contributed by atoms with Crippen molar-refractivity contribution in [2.75, 3.05) is 13.1 Å². The quantitative estimate of drug-likeness (QED) is 0.350. The molecule has 0 amide bonds. The van der Waals surface area contributed by atoms with E-state index in [1.165, 1.54) is 13.1 Å². The maximum Gasteiger partial charge on any atom is 0.252 e. The molecule has 0 radical (unpaired) electrons. The van der Waals surface area contributed by atoms with Crippen LogP contribution in [0.4, 0.5) is 0 Å². The zero-order valence-electron chi connectivity index (χ0n) is 2.77. The lowest BCUT2D eigenvalue weighted by Gasteiger charge is -1.55. The predicted octanol–water partition coefficient (Wildman–Crippen LogP) is 0.357. The number of rotatable bonds is 1. The van der Waals surface area contributed by atoms with E-state index in [-0.39, 0.29) is 0 Å². The summed E-state index contributed by atoms with van der Waals surface area (Å²) in [5.41, 5.74) is 0. The van der Waals surface area contributed by atoms with Crippen LogP contribution in [0.2, 0.25) is 0 Å². The second-order valence-electron chi connectivity index (χ2n) is 1.08. The van der Waals surface area contributed by atoms with Crippen molar-refractivity contribution in [1.82, 2.24) is 4.67 Å². The van der Waals surface area contributed by atoms with Crippen LogP contribution in [0.5, 0.6) is 0 Å².